The lowest BCUT2D eigenvalue weighted by molar-refractivity contribution is -0.138. The van der Waals surface area contributed by atoms with E-state index in [1.54, 1.807) is 12.1 Å². The maximum Gasteiger partial charge on any atom is 0.278 e. The van der Waals surface area contributed by atoms with E-state index in [1.807, 2.05) is 49.1 Å². The van der Waals surface area contributed by atoms with Crippen LogP contribution in [0.25, 0.3) is 5.57 Å². The molecule has 0 N–H and O–H groups in total. The lowest BCUT2D eigenvalue weighted by Gasteiger charge is -2.29. The number of ether oxygens (including phenoxy) is 1. The summed E-state index contributed by atoms with van der Waals surface area (Å²) in [7, 11) is 0. The van der Waals surface area contributed by atoms with E-state index in [0.29, 0.717) is 42.6 Å². The predicted octanol–water partition coefficient (Wildman–Crippen LogP) is 3.57. The van der Waals surface area contributed by atoms with Gasteiger partial charge in [0.2, 0.25) is 0 Å². The Morgan fingerprint density at radius 1 is 0.931 bits per heavy atom. The normalized spacial score (nSPS) is 17.5. The third kappa shape index (κ3) is 3.80. The molecule has 2 aliphatic heterocycles. The Hall–Kier alpha value is -2.63. The fourth-order valence-electron chi connectivity index (χ4n) is 3.72. The number of hydrogen-bond donors (Lipinski definition) is 0. The molecule has 0 atom stereocenters. The third-order valence-electron chi connectivity index (χ3n) is 5.52. The van der Waals surface area contributed by atoms with Crippen LogP contribution in [0.1, 0.15) is 22.3 Å². The first kappa shape index (κ1) is 19.7. The molecule has 5 nitrogen and oxygen atoms in total. The highest BCUT2D eigenvalue weighted by Crippen LogP contribution is 2.33. The molecule has 0 saturated carbocycles. The Kier molecular flexibility index (Phi) is 5.43. The van der Waals surface area contributed by atoms with Crippen molar-refractivity contribution >= 4 is 29.0 Å². The molecule has 1 saturated heterocycles. The molecule has 0 aliphatic carbocycles. The molecule has 29 heavy (non-hydrogen) atoms. The van der Waals surface area contributed by atoms with Crippen molar-refractivity contribution in [2.75, 3.05) is 26.3 Å². The molecular formula is C23H23ClN2O3. The smallest absolute Gasteiger partial charge is 0.278 e. The van der Waals surface area contributed by atoms with Gasteiger partial charge in [-0.2, -0.15) is 0 Å². The zero-order valence-electron chi connectivity index (χ0n) is 16.6. The second-order valence-corrected chi connectivity index (χ2v) is 7.88. The molecule has 6 heteroatoms. The molecule has 2 amide bonds. The summed E-state index contributed by atoms with van der Waals surface area (Å²) in [5.74, 6) is -0.505. The number of amides is 2. The van der Waals surface area contributed by atoms with Crippen LogP contribution in [-0.2, 0) is 20.9 Å². The molecule has 0 aromatic heterocycles. The van der Waals surface area contributed by atoms with Crippen molar-refractivity contribution in [2.45, 2.75) is 20.4 Å². The highest BCUT2D eigenvalue weighted by molar-refractivity contribution is 6.35. The van der Waals surface area contributed by atoms with E-state index in [0.717, 1.165) is 22.3 Å². The second kappa shape index (κ2) is 8.01. The molecule has 2 aliphatic rings. The molecular weight excluding hydrogens is 388 g/mol. The highest BCUT2D eigenvalue weighted by Gasteiger charge is 2.41. The Balaban J connectivity index is 1.74. The van der Waals surface area contributed by atoms with Crippen molar-refractivity contribution in [3.63, 3.8) is 0 Å². The third-order valence-corrected chi connectivity index (χ3v) is 5.77. The fourth-order valence-corrected chi connectivity index (χ4v) is 3.84. The maximum atomic E-state index is 13.4. The van der Waals surface area contributed by atoms with E-state index in [1.165, 1.54) is 4.90 Å². The highest BCUT2D eigenvalue weighted by atomic mass is 35.5. The SMILES string of the molecule is Cc1ccc(C2=C(N3CCOCC3)C(=O)N(Cc3ccc(Cl)cc3)C2=O)cc1C. The second-order valence-electron chi connectivity index (χ2n) is 7.44. The van der Waals surface area contributed by atoms with Gasteiger partial charge in [0, 0.05) is 18.1 Å². The molecule has 150 valence electrons. The van der Waals surface area contributed by atoms with Gasteiger partial charge in [0.15, 0.2) is 0 Å². The first-order chi connectivity index (χ1) is 14.0. The van der Waals surface area contributed by atoms with Gasteiger partial charge in [0.25, 0.3) is 11.8 Å². The van der Waals surface area contributed by atoms with Crippen LogP contribution in [0.15, 0.2) is 48.2 Å². The Morgan fingerprint density at radius 2 is 1.62 bits per heavy atom. The molecule has 4 rings (SSSR count). The summed E-state index contributed by atoms with van der Waals surface area (Å²) in [6.45, 7) is 6.54. The molecule has 2 heterocycles. The number of imide groups is 1. The standard InChI is InChI=1S/C23H23ClN2O3/c1-15-3-6-18(13-16(15)2)20-21(25-9-11-29-12-10-25)23(28)26(22(20)27)14-17-4-7-19(24)8-5-17/h3-8,13H,9-12,14H2,1-2H3. The van der Waals surface area contributed by atoms with Gasteiger partial charge in [-0.3, -0.25) is 14.5 Å². The number of hydrogen-bond acceptors (Lipinski definition) is 4. The zero-order valence-corrected chi connectivity index (χ0v) is 17.3. The van der Waals surface area contributed by atoms with Crippen LogP contribution in [0.5, 0.6) is 0 Å². The van der Waals surface area contributed by atoms with Gasteiger partial charge in [0.05, 0.1) is 25.3 Å². The van der Waals surface area contributed by atoms with Gasteiger partial charge in [-0.05, 0) is 48.2 Å². The largest absolute Gasteiger partial charge is 0.378 e. The van der Waals surface area contributed by atoms with Crippen LogP contribution in [0, 0.1) is 13.8 Å². The molecule has 0 unspecified atom stereocenters. The number of rotatable bonds is 4. The monoisotopic (exact) mass is 410 g/mol. The quantitative estimate of drug-likeness (QED) is 0.723. The van der Waals surface area contributed by atoms with Crippen LogP contribution < -0.4 is 0 Å². The molecule has 1 fully saturated rings. The van der Waals surface area contributed by atoms with E-state index < -0.39 is 0 Å². The Labute approximate surface area is 175 Å². The maximum absolute atomic E-state index is 13.4. The van der Waals surface area contributed by atoms with Crippen molar-refractivity contribution in [3.05, 3.63) is 75.4 Å². The number of halogens is 1. The molecule has 0 radical (unpaired) electrons. The Morgan fingerprint density at radius 3 is 2.28 bits per heavy atom. The minimum Gasteiger partial charge on any atom is -0.378 e. The van der Waals surface area contributed by atoms with E-state index in [4.69, 9.17) is 16.3 Å². The van der Waals surface area contributed by atoms with Crippen molar-refractivity contribution in [1.82, 2.24) is 9.80 Å². The minimum absolute atomic E-state index is 0.219. The fraction of sp³-hybridized carbons (Fsp3) is 0.304. The van der Waals surface area contributed by atoms with Gasteiger partial charge >= 0.3 is 0 Å². The molecule has 2 aromatic rings. The van der Waals surface area contributed by atoms with Crippen molar-refractivity contribution < 1.29 is 14.3 Å². The first-order valence-electron chi connectivity index (χ1n) is 9.71. The molecule has 0 bridgehead atoms. The van der Waals surface area contributed by atoms with Gasteiger partial charge in [-0.1, -0.05) is 41.9 Å². The van der Waals surface area contributed by atoms with Crippen molar-refractivity contribution in [2.24, 2.45) is 0 Å². The van der Waals surface area contributed by atoms with E-state index in [-0.39, 0.29) is 18.4 Å². The van der Waals surface area contributed by atoms with Crippen LogP contribution in [-0.4, -0.2) is 47.9 Å². The summed E-state index contributed by atoms with van der Waals surface area (Å²) in [6.07, 6.45) is 0. The van der Waals surface area contributed by atoms with Crippen LogP contribution in [0.2, 0.25) is 5.02 Å². The molecule has 2 aromatic carbocycles. The summed E-state index contributed by atoms with van der Waals surface area (Å²) in [5, 5.41) is 0.621. The number of aryl methyl sites for hydroxylation is 2. The lowest BCUT2D eigenvalue weighted by atomic mass is 9.99. The number of morpholine rings is 1. The van der Waals surface area contributed by atoms with Crippen molar-refractivity contribution in [1.29, 1.82) is 0 Å². The summed E-state index contributed by atoms with van der Waals surface area (Å²) < 4.78 is 5.44. The van der Waals surface area contributed by atoms with Crippen LogP contribution >= 0.6 is 11.6 Å². The number of carbonyl (C=O) groups is 2. The lowest BCUT2D eigenvalue weighted by Crippen LogP contribution is -2.40. The number of nitrogens with zero attached hydrogens (tertiary/aromatic N) is 2. The van der Waals surface area contributed by atoms with Crippen LogP contribution in [0.4, 0.5) is 0 Å². The van der Waals surface area contributed by atoms with Crippen molar-refractivity contribution in [3.8, 4) is 0 Å². The number of benzene rings is 2. The average molecular weight is 411 g/mol. The Bertz CT molecular complexity index is 992. The predicted molar refractivity (Wildman–Crippen MR) is 112 cm³/mol. The van der Waals surface area contributed by atoms with Gasteiger partial charge < -0.3 is 9.64 Å². The van der Waals surface area contributed by atoms with E-state index in [9.17, 15) is 9.59 Å². The van der Waals surface area contributed by atoms with Gasteiger partial charge in [0.1, 0.15) is 5.70 Å². The van der Waals surface area contributed by atoms with Crippen LogP contribution in [0.3, 0.4) is 0 Å². The van der Waals surface area contributed by atoms with E-state index >= 15 is 0 Å². The summed E-state index contributed by atoms with van der Waals surface area (Å²) >= 11 is 5.97. The van der Waals surface area contributed by atoms with E-state index in [2.05, 4.69) is 0 Å². The summed E-state index contributed by atoms with van der Waals surface area (Å²) in [6, 6.07) is 13.1. The van der Waals surface area contributed by atoms with Gasteiger partial charge in [-0.15, -0.1) is 0 Å². The minimum atomic E-state index is -0.255. The summed E-state index contributed by atoms with van der Waals surface area (Å²) in [4.78, 5) is 30.1. The number of carbonyl (C=O) groups excluding carboxylic acids is 2. The molecule has 0 spiro atoms. The summed E-state index contributed by atoms with van der Waals surface area (Å²) in [5.41, 5.74) is 4.85. The van der Waals surface area contributed by atoms with Gasteiger partial charge in [-0.25, -0.2) is 0 Å². The zero-order chi connectivity index (χ0) is 20.5. The first-order valence-corrected chi connectivity index (χ1v) is 10.1. The average Bonchev–Trinajstić information content (AvgIpc) is 2.97. The topological polar surface area (TPSA) is 49.9 Å².